The maximum absolute atomic E-state index is 11.5. The number of hydrogen-bond donors (Lipinski definition) is 2. The standard InChI is InChI=1S/C19H17N3O/c1-3-19(23)22-15-9-12(2)8-14(10-15)13-4-5-18-16(11-13)17(20)6-7-21-18/h3-11H,1H2,2H3,(H2,20,21)(H,22,23). The summed E-state index contributed by atoms with van der Waals surface area (Å²) in [7, 11) is 0. The molecule has 0 spiro atoms. The van der Waals surface area contributed by atoms with E-state index < -0.39 is 0 Å². The van der Waals surface area contributed by atoms with Crippen molar-refractivity contribution < 1.29 is 4.79 Å². The molecule has 0 saturated carbocycles. The molecule has 2 aromatic carbocycles. The smallest absolute Gasteiger partial charge is 0.247 e. The molecule has 0 fully saturated rings. The predicted octanol–water partition coefficient (Wildman–Crippen LogP) is 3.92. The van der Waals surface area contributed by atoms with Gasteiger partial charge in [0.2, 0.25) is 5.91 Å². The molecule has 3 rings (SSSR count). The van der Waals surface area contributed by atoms with Crippen LogP contribution < -0.4 is 11.1 Å². The molecule has 0 atom stereocenters. The van der Waals surface area contributed by atoms with Gasteiger partial charge in [-0.25, -0.2) is 0 Å². The molecule has 4 heteroatoms. The van der Waals surface area contributed by atoms with Crippen molar-refractivity contribution in [2.24, 2.45) is 0 Å². The predicted molar refractivity (Wildman–Crippen MR) is 95.2 cm³/mol. The number of anilines is 2. The Balaban J connectivity index is 2.09. The summed E-state index contributed by atoms with van der Waals surface area (Å²) in [5.41, 5.74) is 11.4. The number of nitrogens with zero attached hydrogens (tertiary/aromatic N) is 1. The van der Waals surface area contributed by atoms with Crippen molar-refractivity contribution in [3.63, 3.8) is 0 Å². The van der Waals surface area contributed by atoms with Gasteiger partial charge < -0.3 is 11.1 Å². The quantitative estimate of drug-likeness (QED) is 0.721. The van der Waals surface area contributed by atoms with Crippen LogP contribution in [-0.4, -0.2) is 10.9 Å². The van der Waals surface area contributed by atoms with E-state index in [0.29, 0.717) is 5.69 Å². The number of carbonyl (C=O) groups excluding carboxylic acids is 1. The van der Waals surface area contributed by atoms with Crippen molar-refractivity contribution >= 4 is 28.2 Å². The first kappa shape index (κ1) is 14.8. The van der Waals surface area contributed by atoms with Gasteiger partial charge in [0.15, 0.2) is 0 Å². The minimum Gasteiger partial charge on any atom is -0.398 e. The highest BCUT2D eigenvalue weighted by Crippen LogP contribution is 2.29. The van der Waals surface area contributed by atoms with Gasteiger partial charge in [-0.1, -0.05) is 18.7 Å². The summed E-state index contributed by atoms with van der Waals surface area (Å²) < 4.78 is 0. The number of nitrogens with one attached hydrogen (secondary N) is 1. The van der Waals surface area contributed by atoms with Crippen LogP contribution in [0.15, 0.2) is 61.3 Å². The largest absolute Gasteiger partial charge is 0.398 e. The number of pyridine rings is 1. The molecule has 0 aliphatic heterocycles. The molecular formula is C19H17N3O. The van der Waals surface area contributed by atoms with Crippen molar-refractivity contribution in [1.29, 1.82) is 0 Å². The minimum absolute atomic E-state index is 0.228. The minimum atomic E-state index is -0.228. The number of benzene rings is 2. The second-order valence-electron chi connectivity index (χ2n) is 5.41. The number of carbonyl (C=O) groups is 1. The Labute approximate surface area is 134 Å². The summed E-state index contributed by atoms with van der Waals surface area (Å²) in [6.07, 6.45) is 2.96. The number of fused-ring (bicyclic) bond motifs is 1. The lowest BCUT2D eigenvalue weighted by Gasteiger charge is -2.10. The maximum atomic E-state index is 11.5. The first-order valence-electron chi connectivity index (χ1n) is 7.26. The summed E-state index contributed by atoms with van der Waals surface area (Å²) >= 11 is 0. The van der Waals surface area contributed by atoms with E-state index >= 15 is 0 Å². The Morgan fingerprint density at radius 2 is 2.00 bits per heavy atom. The molecule has 1 heterocycles. The molecule has 0 radical (unpaired) electrons. The van der Waals surface area contributed by atoms with Gasteiger partial charge in [-0.15, -0.1) is 0 Å². The number of amides is 1. The Bertz CT molecular complexity index is 916. The molecule has 0 unspecified atom stereocenters. The third-order valence-corrected chi connectivity index (χ3v) is 3.64. The van der Waals surface area contributed by atoms with Crippen molar-refractivity contribution in [3.8, 4) is 11.1 Å². The van der Waals surface area contributed by atoms with Gasteiger partial charge in [0, 0.05) is 23.0 Å². The van der Waals surface area contributed by atoms with E-state index in [1.807, 2.05) is 37.3 Å². The van der Waals surface area contributed by atoms with Crippen LogP contribution in [0.4, 0.5) is 11.4 Å². The van der Waals surface area contributed by atoms with E-state index in [1.165, 1.54) is 6.08 Å². The molecule has 0 bridgehead atoms. The molecule has 1 aromatic heterocycles. The van der Waals surface area contributed by atoms with Crippen LogP contribution in [0.1, 0.15) is 5.56 Å². The van der Waals surface area contributed by atoms with Crippen molar-refractivity contribution in [2.75, 3.05) is 11.1 Å². The Hall–Kier alpha value is -3.14. The summed E-state index contributed by atoms with van der Waals surface area (Å²) in [6.45, 7) is 5.46. The van der Waals surface area contributed by atoms with Crippen LogP contribution in [0.25, 0.3) is 22.0 Å². The number of nitrogens with two attached hydrogens (primary N) is 1. The Morgan fingerprint density at radius 3 is 2.78 bits per heavy atom. The van der Waals surface area contributed by atoms with E-state index in [0.717, 1.165) is 33.3 Å². The average Bonchev–Trinajstić information content (AvgIpc) is 2.54. The molecule has 3 aromatic rings. The van der Waals surface area contributed by atoms with E-state index in [1.54, 1.807) is 12.3 Å². The summed E-state index contributed by atoms with van der Waals surface area (Å²) in [5, 5.41) is 3.72. The highest BCUT2D eigenvalue weighted by molar-refractivity contribution is 5.99. The highest BCUT2D eigenvalue weighted by Gasteiger charge is 2.06. The lowest BCUT2D eigenvalue weighted by Crippen LogP contribution is -2.07. The number of aromatic nitrogens is 1. The molecule has 0 saturated heterocycles. The van der Waals surface area contributed by atoms with E-state index in [9.17, 15) is 4.79 Å². The molecule has 0 aliphatic carbocycles. The van der Waals surface area contributed by atoms with Gasteiger partial charge >= 0.3 is 0 Å². The van der Waals surface area contributed by atoms with Crippen molar-refractivity contribution in [3.05, 3.63) is 66.9 Å². The maximum Gasteiger partial charge on any atom is 0.247 e. The third kappa shape index (κ3) is 3.06. The normalized spacial score (nSPS) is 10.5. The van der Waals surface area contributed by atoms with Crippen molar-refractivity contribution in [2.45, 2.75) is 6.92 Å². The fourth-order valence-corrected chi connectivity index (χ4v) is 2.56. The highest BCUT2D eigenvalue weighted by atomic mass is 16.1. The lowest BCUT2D eigenvalue weighted by atomic mass is 10.00. The monoisotopic (exact) mass is 303 g/mol. The zero-order valence-corrected chi connectivity index (χ0v) is 12.8. The fourth-order valence-electron chi connectivity index (χ4n) is 2.56. The first-order chi connectivity index (χ1) is 11.1. The van der Waals surface area contributed by atoms with Crippen LogP contribution in [0.5, 0.6) is 0 Å². The van der Waals surface area contributed by atoms with Crippen LogP contribution in [0, 0.1) is 6.92 Å². The van der Waals surface area contributed by atoms with E-state index in [2.05, 4.69) is 22.9 Å². The molecule has 0 aliphatic rings. The molecule has 4 nitrogen and oxygen atoms in total. The van der Waals surface area contributed by atoms with Crippen molar-refractivity contribution in [1.82, 2.24) is 4.98 Å². The molecule has 114 valence electrons. The van der Waals surface area contributed by atoms with Gasteiger partial charge in [-0.05, 0) is 60.0 Å². The topological polar surface area (TPSA) is 68.0 Å². The molecule has 1 amide bonds. The molecule has 23 heavy (non-hydrogen) atoms. The summed E-state index contributed by atoms with van der Waals surface area (Å²) in [6, 6.07) is 13.7. The van der Waals surface area contributed by atoms with E-state index in [-0.39, 0.29) is 5.91 Å². The number of hydrogen-bond acceptors (Lipinski definition) is 3. The molecule has 3 N–H and O–H groups in total. The Kier molecular flexibility index (Phi) is 3.81. The zero-order chi connectivity index (χ0) is 16.4. The second kappa shape index (κ2) is 5.93. The number of aryl methyl sites for hydroxylation is 1. The van der Waals surface area contributed by atoms with E-state index in [4.69, 9.17) is 5.73 Å². The number of nitrogen functional groups attached to an aromatic ring is 1. The van der Waals surface area contributed by atoms with Gasteiger partial charge in [-0.3, -0.25) is 9.78 Å². The third-order valence-electron chi connectivity index (χ3n) is 3.64. The first-order valence-corrected chi connectivity index (χ1v) is 7.26. The van der Waals surface area contributed by atoms with Gasteiger partial charge in [0.25, 0.3) is 0 Å². The lowest BCUT2D eigenvalue weighted by molar-refractivity contribution is -0.111. The van der Waals surface area contributed by atoms with Crippen LogP contribution in [0.3, 0.4) is 0 Å². The Morgan fingerprint density at radius 1 is 1.17 bits per heavy atom. The second-order valence-corrected chi connectivity index (χ2v) is 5.41. The van der Waals surface area contributed by atoms with Crippen LogP contribution in [0.2, 0.25) is 0 Å². The summed E-state index contributed by atoms with van der Waals surface area (Å²) in [5.74, 6) is -0.228. The van der Waals surface area contributed by atoms with Gasteiger partial charge in [0.05, 0.1) is 5.52 Å². The SMILES string of the molecule is C=CC(=O)Nc1cc(C)cc(-c2ccc3nccc(N)c3c2)c1. The average molecular weight is 303 g/mol. The van der Waals surface area contributed by atoms with Crippen LogP contribution in [-0.2, 0) is 4.79 Å². The molecular weight excluding hydrogens is 286 g/mol. The van der Waals surface area contributed by atoms with Crippen LogP contribution >= 0.6 is 0 Å². The van der Waals surface area contributed by atoms with Gasteiger partial charge in [0.1, 0.15) is 0 Å². The fraction of sp³-hybridized carbons (Fsp3) is 0.0526. The van der Waals surface area contributed by atoms with Gasteiger partial charge in [-0.2, -0.15) is 0 Å². The summed E-state index contributed by atoms with van der Waals surface area (Å²) in [4.78, 5) is 15.8. The number of rotatable bonds is 3. The zero-order valence-electron chi connectivity index (χ0n) is 12.8.